The summed E-state index contributed by atoms with van der Waals surface area (Å²) in [5, 5.41) is 3.80. The minimum absolute atomic E-state index is 0.119. The molecule has 2 aromatic carbocycles. The smallest absolute Gasteiger partial charge is 0.277 e. The molecular weight excluding hydrogens is 283 g/mol. The molecule has 2 aromatic rings. The Morgan fingerprint density at radius 3 is 2.45 bits per heavy atom. The highest BCUT2D eigenvalue weighted by molar-refractivity contribution is 5.82. The number of hydrogen-bond donors (Lipinski definition) is 1. The molecule has 114 valence electrons. The number of halogens is 1. The van der Waals surface area contributed by atoms with Gasteiger partial charge in [0.15, 0.2) is 6.61 Å². The van der Waals surface area contributed by atoms with E-state index in [1.54, 1.807) is 12.1 Å². The number of ether oxygens (including phenoxy) is 1. The molecule has 0 heterocycles. The average Bonchev–Trinajstić information content (AvgIpc) is 2.49. The average molecular weight is 300 g/mol. The van der Waals surface area contributed by atoms with E-state index in [0.29, 0.717) is 11.3 Å². The zero-order valence-corrected chi connectivity index (χ0v) is 12.5. The van der Waals surface area contributed by atoms with Crippen LogP contribution in [0.1, 0.15) is 16.7 Å². The fraction of sp³-hybridized carbons (Fsp3) is 0.176. The van der Waals surface area contributed by atoms with E-state index < -0.39 is 0 Å². The quantitative estimate of drug-likeness (QED) is 0.682. The van der Waals surface area contributed by atoms with Crippen molar-refractivity contribution in [3.8, 4) is 5.75 Å². The van der Waals surface area contributed by atoms with Crippen molar-refractivity contribution in [3.63, 3.8) is 0 Å². The Balaban J connectivity index is 1.84. The highest BCUT2D eigenvalue weighted by atomic mass is 19.1. The number of hydrazone groups is 1. The van der Waals surface area contributed by atoms with Crippen LogP contribution in [0.2, 0.25) is 0 Å². The van der Waals surface area contributed by atoms with Crippen LogP contribution in [-0.2, 0) is 4.79 Å². The fourth-order valence-corrected chi connectivity index (χ4v) is 1.92. The second-order valence-corrected chi connectivity index (χ2v) is 4.85. The molecule has 4 nitrogen and oxygen atoms in total. The number of rotatable bonds is 5. The van der Waals surface area contributed by atoms with E-state index >= 15 is 0 Å². The first-order valence-electron chi connectivity index (χ1n) is 6.83. The van der Waals surface area contributed by atoms with Crippen molar-refractivity contribution in [3.05, 3.63) is 65.0 Å². The van der Waals surface area contributed by atoms with Crippen LogP contribution in [0.5, 0.6) is 5.75 Å². The van der Waals surface area contributed by atoms with Crippen LogP contribution in [0.4, 0.5) is 4.39 Å². The summed E-state index contributed by atoms with van der Waals surface area (Å²) in [4.78, 5) is 11.7. The van der Waals surface area contributed by atoms with Gasteiger partial charge in [0.2, 0.25) is 0 Å². The third kappa shape index (κ3) is 4.41. The molecule has 0 aromatic heterocycles. The second-order valence-electron chi connectivity index (χ2n) is 4.85. The number of aryl methyl sites for hydroxylation is 2. The number of amides is 1. The number of nitrogens with one attached hydrogen (secondary N) is 1. The Morgan fingerprint density at radius 1 is 1.18 bits per heavy atom. The van der Waals surface area contributed by atoms with Crippen LogP contribution >= 0.6 is 0 Å². The minimum Gasteiger partial charge on any atom is -0.483 e. The molecule has 1 N–H and O–H groups in total. The van der Waals surface area contributed by atoms with Crippen LogP contribution < -0.4 is 10.2 Å². The van der Waals surface area contributed by atoms with Crippen molar-refractivity contribution in [2.24, 2.45) is 5.10 Å². The van der Waals surface area contributed by atoms with Crippen molar-refractivity contribution in [1.82, 2.24) is 5.43 Å². The van der Waals surface area contributed by atoms with Gasteiger partial charge in [-0.05, 0) is 42.7 Å². The second kappa shape index (κ2) is 7.36. The maximum Gasteiger partial charge on any atom is 0.277 e. The summed E-state index contributed by atoms with van der Waals surface area (Å²) in [7, 11) is 0. The van der Waals surface area contributed by atoms with Crippen molar-refractivity contribution < 1.29 is 13.9 Å². The maximum atomic E-state index is 12.7. The van der Waals surface area contributed by atoms with E-state index in [1.165, 1.54) is 18.3 Å². The van der Waals surface area contributed by atoms with Gasteiger partial charge >= 0.3 is 0 Å². The number of carbonyl (C=O) groups excluding carboxylic acids is 1. The topological polar surface area (TPSA) is 50.7 Å². The monoisotopic (exact) mass is 300 g/mol. The molecule has 0 saturated heterocycles. The van der Waals surface area contributed by atoms with Crippen LogP contribution in [0.15, 0.2) is 47.6 Å². The first-order valence-corrected chi connectivity index (χ1v) is 6.83. The summed E-state index contributed by atoms with van der Waals surface area (Å²) in [5.74, 6) is 0.0318. The summed E-state index contributed by atoms with van der Waals surface area (Å²) in [5.41, 5.74) is 5.01. The van der Waals surface area contributed by atoms with E-state index in [1.807, 2.05) is 32.0 Å². The van der Waals surface area contributed by atoms with Crippen LogP contribution in [0.25, 0.3) is 0 Å². The number of hydrogen-bond acceptors (Lipinski definition) is 3. The SMILES string of the molecule is Cc1cccc(C)c1OCC(=O)N/N=C\c1ccc(F)cc1. The van der Waals surface area contributed by atoms with Gasteiger partial charge in [-0.3, -0.25) is 4.79 Å². The molecule has 0 saturated carbocycles. The Hall–Kier alpha value is -2.69. The van der Waals surface area contributed by atoms with Crippen LogP contribution in [-0.4, -0.2) is 18.7 Å². The van der Waals surface area contributed by atoms with Gasteiger partial charge in [0.25, 0.3) is 5.91 Å². The van der Waals surface area contributed by atoms with Crippen molar-refractivity contribution in [2.45, 2.75) is 13.8 Å². The van der Waals surface area contributed by atoms with Crippen molar-refractivity contribution >= 4 is 12.1 Å². The predicted octanol–water partition coefficient (Wildman–Crippen LogP) is 2.97. The molecule has 1 amide bonds. The maximum absolute atomic E-state index is 12.7. The number of benzene rings is 2. The van der Waals surface area contributed by atoms with Crippen LogP contribution in [0.3, 0.4) is 0 Å². The lowest BCUT2D eigenvalue weighted by atomic mass is 10.1. The van der Waals surface area contributed by atoms with E-state index in [2.05, 4.69) is 10.5 Å². The van der Waals surface area contributed by atoms with E-state index in [-0.39, 0.29) is 18.3 Å². The van der Waals surface area contributed by atoms with Crippen molar-refractivity contribution in [1.29, 1.82) is 0 Å². The Labute approximate surface area is 128 Å². The van der Waals surface area contributed by atoms with E-state index in [4.69, 9.17) is 4.74 Å². The molecule has 0 unspecified atom stereocenters. The molecule has 0 radical (unpaired) electrons. The Kier molecular flexibility index (Phi) is 5.25. The molecule has 0 aliphatic carbocycles. The summed E-state index contributed by atoms with van der Waals surface area (Å²) < 4.78 is 18.2. The van der Waals surface area contributed by atoms with Gasteiger partial charge in [-0.2, -0.15) is 5.10 Å². The Bertz CT molecular complexity index is 661. The molecule has 0 aliphatic heterocycles. The third-order valence-electron chi connectivity index (χ3n) is 3.03. The number of para-hydroxylation sites is 1. The van der Waals surface area contributed by atoms with Crippen molar-refractivity contribution in [2.75, 3.05) is 6.61 Å². The van der Waals surface area contributed by atoms with Gasteiger partial charge in [0.05, 0.1) is 6.21 Å². The molecular formula is C17H17FN2O2. The molecule has 5 heteroatoms. The first-order chi connectivity index (χ1) is 10.6. The minimum atomic E-state index is -0.360. The molecule has 0 atom stereocenters. The molecule has 0 bridgehead atoms. The van der Waals surface area contributed by atoms with E-state index in [9.17, 15) is 9.18 Å². The molecule has 22 heavy (non-hydrogen) atoms. The normalized spacial score (nSPS) is 10.7. The highest BCUT2D eigenvalue weighted by Gasteiger charge is 2.06. The molecule has 0 spiro atoms. The lowest BCUT2D eigenvalue weighted by Crippen LogP contribution is -2.25. The molecule has 0 fully saturated rings. The standard InChI is InChI=1S/C17H17FN2O2/c1-12-4-3-5-13(2)17(12)22-11-16(21)20-19-10-14-6-8-15(18)9-7-14/h3-10H,11H2,1-2H3,(H,20,21)/b19-10-. The third-order valence-corrected chi connectivity index (χ3v) is 3.03. The summed E-state index contributed by atoms with van der Waals surface area (Å²) in [6.45, 7) is 3.73. The lowest BCUT2D eigenvalue weighted by molar-refractivity contribution is -0.123. The highest BCUT2D eigenvalue weighted by Crippen LogP contribution is 2.21. The van der Waals surface area contributed by atoms with Gasteiger partial charge in [-0.25, -0.2) is 9.82 Å². The number of nitrogens with zero attached hydrogens (tertiary/aromatic N) is 1. The van der Waals surface area contributed by atoms with E-state index in [0.717, 1.165) is 11.1 Å². The first kappa shape index (κ1) is 15.7. The summed E-state index contributed by atoms with van der Waals surface area (Å²) >= 11 is 0. The summed E-state index contributed by atoms with van der Waals surface area (Å²) in [6, 6.07) is 11.6. The molecule has 0 aliphatic rings. The summed E-state index contributed by atoms with van der Waals surface area (Å²) in [6.07, 6.45) is 1.44. The molecule has 2 rings (SSSR count). The zero-order valence-electron chi connectivity index (χ0n) is 12.5. The van der Waals surface area contributed by atoms with Gasteiger partial charge in [-0.1, -0.05) is 30.3 Å². The van der Waals surface area contributed by atoms with Gasteiger partial charge in [-0.15, -0.1) is 0 Å². The van der Waals surface area contributed by atoms with Gasteiger partial charge in [0.1, 0.15) is 11.6 Å². The predicted molar refractivity (Wildman–Crippen MR) is 83.5 cm³/mol. The fourth-order valence-electron chi connectivity index (χ4n) is 1.92. The lowest BCUT2D eigenvalue weighted by Gasteiger charge is -2.10. The largest absolute Gasteiger partial charge is 0.483 e. The number of carbonyl (C=O) groups is 1. The van der Waals surface area contributed by atoms with Crippen LogP contribution in [0, 0.1) is 19.7 Å². The Morgan fingerprint density at radius 2 is 1.82 bits per heavy atom. The van der Waals surface area contributed by atoms with Gasteiger partial charge in [0, 0.05) is 0 Å². The van der Waals surface area contributed by atoms with Gasteiger partial charge < -0.3 is 4.74 Å². The zero-order chi connectivity index (χ0) is 15.9.